The SMILES string of the molecule is CC(C)OCC(Cl)C#N. The maximum Gasteiger partial charge on any atom is 0.143 e. The van der Waals surface area contributed by atoms with Gasteiger partial charge in [-0.2, -0.15) is 5.26 Å². The molecule has 3 heteroatoms. The van der Waals surface area contributed by atoms with E-state index in [0.29, 0.717) is 6.61 Å². The van der Waals surface area contributed by atoms with Crippen molar-refractivity contribution in [1.82, 2.24) is 0 Å². The zero-order valence-corrected chi connectivity index (χ0v) is 6.35. The fourth-order valence-electron chi connectivity index (χ4n) is 0.314. The second-order valence-electron chi connectivity index (χ2n) is 1.98. The van der Waals surface area contributed by atoms with Crippen LogP contribution in [0.1, 0.15) is 13.8 Å². The van der Waals surface area contributed by atoms with E-state index in [1.807, 2.05) is 19.9 Å². The molecular formula is C6H10ClNO. The molecule has 0 saturated carbocycles. The Bertz CT molecular complexity index is 108. The van der Waals surface area contributed by atoms with Crippen LogP contribution in [0, 0.1) is 11.3 Å². The third kappa shape index (κ3) is 5.61. The van der Waals surface area contributed by atoms with Crippen molar-refractivity contribution in [2.45, 2.75) is 25.3 Å². The highest BCUT2D eigenvalue weighted by Gasteiger charge is 2.01. The number of nitrogens with zero attached hydrogens (tertiary/aromatic N) is 1. The standard InChI is InChI=1S/C6H10ClNO/c1-5(2)9-4-6(7)3-8/h5-6H,4H2,1-2H3. The van der Waals surface area contributed by atoms with Crippen molar-refractivity contribution in [2.75, 3.05) is 6.61 Å². The zero-order valence-electron chi connectivity index (χ0n) is 5.60. The Morgan fingerprint density at radius 1 is 1.67 bits per heavy atom. The highest BCUT2D eigenvalue weighted by Crippen LogP contribution is 1.96. The Balaban J connectivity index is 3.19. The van der Waals surface area contributed by atoms with Gasteiger partial charge in [0.05, 0.1) is 18.8 Å². The van der Waals surface area contributed by atoms with Gasteiger partial charge in [-0.3, -0.25) is 0 Å². The molecule has 0 bridgehead atoms. The highest BCUT2D eigenvalue weighted by atomic mass is 35.5. The summed E-state index contributed by atoms with van der Waals surface area (Å²) < 4.78 is 5.04. The number of alkyl halides is 1. The van der Waals surface area contributed by atoms with Crippen LogP contribution in [0.2, 0.25) is 0 Å². The molecule has 0 aliphatic carbocycles. The molecule has 0 fully saturated rings. The molecule has 1 unspecified atom stereocenters. The first-order valence-corrected chi connectivity index (χ1v) is 3.25. The van der Waals surface area contributed by atoms with Crippen LogP contribution >= 0.6 is 11.6 Å². The molecule has 0 spiro atoms. The van der Waals surface area contributed by atoms with Gasteiger partial charge in [-0.25, -0.2) is 0 Å². The first-order valence-electron chi connectivity index (χ1n) is 2.82. The van der Waals surface area contributed by atoms with Gasteiger partial charge in [0, 0.05) is 0 Å². The van der Waals surface area contributed by atoms with Gasteiger partial charge < -0.3 is 4.74 Å². The average Bonchev–Trinajstić information content (AvgIpc) is 1.83. The summed E-state index contributed by atoms with van der Waals surface area (Å²) in [6.45, 7) is 4.12. The van der Waals surface area contributed by atoms with Gasteiger partial charge in [0.1, 0.15) is 5.38 Å². The molecule has 0 aromatic rings. The smallest absolute Gasteiger partial charge is 0.143 e. The maximum absolute atomic E-state index is 8.19. The van der Waals surface area contributed by atoms with E-state index >= 15 is 0 Å². The molecule has 52 valence electrons. The van der Waals surface area contributed by atoms with Crippen molar-refractivity contribution in [1.29, 1.82) is 5.26 Å². The summed E-state index contributed by atoms with van der Waals surface area (Å²) in [5.41, 5.74) is 0. The lowest BCUT2D eigenvalue weighted by atomic mass is 10.4. The monoisotopic (exact) mass is 147 g/mol. The van der Waals surface area contributed by atoms with Crippen molar-refractivity contribution < 1.29 is 4.74 Å². The van der Waals surface area contributed by atoms with Gasteiger partial charge in [-0.05, 0) is 13.8 Å². The van der Waals surface area contributed by atoms with Crippen molar-refractivity contribution in [2.24, 2.45) is 0 Å². The Morgan fingerprint density at radius 2 is 2.22 bits per heavy atom. The maximum atomic E-state index is 8.19. The van der Waals surface area contributed by atoms with Gasteiger partial charge >= 0.3 is 0 Å². The lowest BCUT2D eigenvalue weighted by Gasteiger charge is -2.05. The average molecular weight is 148 g/mol. The quantitative estimate of drug-likeness (QED) is 0.568. The molecule has 0 rings (SSSR count). The Hall–Kier alpha value is -0.260. The molecule has 0 amide bonds. The van der Waals surface area contributed by atoms with Crippen LogP contribution in [0.4, 0.5) is 0 Å². The van der Waals surface area contributed by atoms with Crippen molar-refractivity contribution in [3.8, 4) is 6.07 Å². The summed E-state index contributed by atoms with van der Waals surface area (Å²) in [5, 5.41) is 7.68. The minimum Gasteiger partial charge on any atom is -0.376 e. The van der Waals surface area contributed by atoms with Crippen LogP contribution in [-0.2, 0) is 4.74 Å². The largest absolute Gasteiger partial charge is 0.376 e. The first kappa shape index (κ1) is 8.74. The second kappa shape index (κ2) is 4.60. The summed E-state index contributed by atoms with van der Waals surface area (Å²) in [6.07, 6.45) is 0.152. The summed E-state index contributed by atoms with van der Waals surface area (Å²) in [7, 11) is 0. The fourth-order valence-corrected chi connectivity index (χ4v) is 0.387. The lowest BCUT2D eigenvalue weighted by Crippen LogP contribution is -2.11. The number of hydrogen-bond donors (Lipinski definition) is 0. The van der Waals surface area contributed by atoms with E-state index in [0.717, 1.165) is 0 Å². The van der Waals surface area contributed by atoms with E-state index in [1.54, 1.807) is 0 Å². The van der Waals surface area contributed by atoms with Crippen LogP contribution in [0.25, 0.3) is 0 Å². The topological polar surface area (TPSA) is 33.0 Å². The first-order chi connectivity index (χ1) is 4.16. The molecule has 0 aromatic heterocycles. The molecule has 9 heavy (non-hydrogen) atoms. The van der Waals surface area contributed by atoms with Gasteiger partial charge in [0.2, 0.25) is 0 Å². The van der Waals surface area contributed by atoms with Gasteiger partial charge in [-0.1, -0.05) is 0 Å². The van der Waals surface area contributed by atoms with Crippen molar-refractivity contribution in [3.63, 3.8) is 0 Å². The van der Waals surface area contributed by atoms with E-state index < -0.39 is 5.38 Å². The van der Waals surface area contributed by atoms with E-state index in [-0.39, 0.29) is 6.10 Å². The third-order valence-corrected chi connectivity index (χ3v) is 0.940. The molecule has 0 radical (unpaired) electrons. The molecule has 0 aromatic carbocycles. The number of ether oxygens (including phenoxy) is 1. The highest BCUT2D eigenvalue weighted by molar-refractivity contribution is 6.22. The zero-order chi connectivity index (χ0) is 7.28. The van der Waals surface area contributed by atoms with Crippen molar-refractivity contribution in [3.05, 3.63) is 0 Å². The lowest BCUT2D eigenvalue weighted by molar-refractivity contribution is 0.0848. The van der Waals surface area contributed by atoms with Crippen LogP contribution < -0.4 is 0 Å². The van der Waals surface area contributed by atoms with Gasteiger partial charge in [0.15, 0.2) is 0 Å². The summed E-state index contributed by atoms with van der Waals surface area (Å²) in [4.78, 5) is 0. The summed E-state index contributed by atoms with van der Waals surface area (Å²) >= 11 is 5.42. The van der Waals surface area contributed by atoms with Crippen LogP contribution in [0.3, 0.4) is 0 Å². The predicted molar refractivity (Wildman–Crippen MR) is 36.3 cm³/mol. The minimum atomic E-state index is -0.507. The minimum absolute atomic E-state index is 0.152. The molecule has 2 nitrogen and oxygen atoms in total. The van der Waals surface area contributed by atoms with E-state index in [2.05, 4.69) is 0 Å². The van der Waals surface area contributed by atoms with Crippen LogP contribution in [0.5, 0.6) is 0 Å². The molecule has 0 aliphatic rings. The normalized spacial score (nSPS) is 13.2. The molecule has 0 N–H and O–H groups in total. The number of halogens is 1. The molecule has 0 heterocycles. The second-order valence-corrected chi connectivity index (χ2v) is 2.51. The fraction of sp³-hybridized carbons (Fsp3) is 0.833. The number of nitriles is 1. The Kier molecular flexibility index (Phi) is 4.47. The third-order valence-electron chi connectivity index (χ3n) is 0.716. The Labute approximate surface area is 60.4 Å². The molecule has 0 aliphatic heterocycles. The summed E-state index contributed by atoms with van der Waals surface area (Å²) in [5.74, 6) is 0. The predicted octanol–water partition coefficient (Wildman–Crippen LogP) is 1.54. The molecule has 1 atom stereocenters. The van der Waals surface area contributed by atoms with E-state index in [1.165, 1.54) is 0 Å². The number of hydrogen-bond acceptors (Lipinski definition) is 2. The van der Waals surface area contributed by atoms with E-state index in [9.17, 15) is 0 Å². The number of rotatable bonds is 3. The molecular weight excluding hydrogens is 138 g/mol. The van der Waals surface area contributed by atoms with Crippen LogP contribution in [0.15, 0.2) is 0 Å². The van der Waals surface area contributed by atoms with E-state index in [4.69, 9.17) is 21.6 Å². The van der Waals surface area contributed by atoms with Crippen molar-refractivity contribution >= 4 is 11.6 Å². The Morgan fingerprint density at radius 3 is 2.56 bits per heavy atom. The van der Waals surface area contributed by atoms with Crippen LogP contribution in [-0.4, -0.2) is 18.1 Å². The summed E-state index contributed by atoms with van der Waals surface area (Å²) in [6, 6.07) is 1.86. The van der Waals surface area contributed by atoms with Gasteiger partial charge in [0.25, 0.3) is 0 Å². The molecule has 0 saturated heterocycles. The van der Waals surface area contributed by atoms with Gasteiger partial charge in [-0.15, -0.1) is 11.6 Å².